The van der Waals surface area contributed by atoms with Crippen molar-refractivity contribution in [1.82, 2.24) is 5.32 Å². The maximum atomic E-state index is 12.6. The van der Waals surface area contributed by atoms with E-state index in [-0.39, 0.29) is 18.2 Å². The summed E-state index contributed by atoms with van der Waals surface area (Å²) in [5.74, 6) is -0.457. The molecule has 0 aromatic heterocycles. The molecule has 0 spiro atoms. The third-order valence-corrected chi connectivity index (χ3v) is 6.32. The zero-order valence-corrected chi connectivity index (χ0v) is 16.1. The molecule has 0 aliphatic carbocycles. The molecule has 7 heteroatoms. The number of nitrogens with zero attached hydrogens (tertiary/aromatic N) is 1. The summed E-state index contributed by atoms with van der Waals surface area (Å²) < 4.78 is 32.2. The first-order valence-corrected chi connectivity index (χ1v) is 10.6. The number of hydrogen-bond acceptors (Lipinski definition) is 4. The van der Waals surface area contributed by atoms with Crippen LogP contribution in [0.5, 0.6) is 0 Å². The van der Waals surface area contributed by atoms with Gasteiger partial charge in [0.2, 0.25) is 15.9 Å². The number of carbonyl (C=O) groups excluding carboxylic acids is 1. The lowest BCUT2D eigenvalue weighted by Gasteiger charge is -2.20. The van der Waals surface area contributed by atoms with Gasteiger partial charge in [0.25, 0.3) is 0 Å². The Hall–Kier alpha value is -2.38. The van der Waals surface area contributed by atoms with Gasteiger partial charge in [0.1, 0.15) is 6.10 Å². The lowest BCUT2D eigenvalue weighted by molar-refractivity contribution is -0.132. The summed E-state index contributed by atoms with van der Waals surface area (Å²) in [7, 11) is -3.47. The van der Waals surface area contributed by atoms with E-state index < -0.39 is 16.1 Å². The van der Waals surface area contributed by atoms with Crippen molar-refractivity contribution < 1.29 is 17.9 Å². The van der Waals surface area contributed by atoms with E-state index >= 15 is 0 Å². The van der Waals surface area contributed by atoms with Crippen LogP contribution in [-0.2, 0) is 32.6 Å². The Morgan fingerprint density at radius 1 is 1.15 bits per heavy atom. The van der Waals surface area contributed by atoms with Crippen molar-refractivity contribution in [2.24, 2.45) is 0 Å². The molecule has 2 aromatic rings. The van der Waals surface area contributed by atoms with Crippen LogP contribution in [0.15, 0.2) is 54.6 Å². The molecule has 1 aliphatic heterocycles. The van der Waals surface area contributed by atoms with Gasteiger partial charge in [-0.2, -0.15) is 0 Å². The third kappa shape index (κ3) is 4.87. The minimum absolute atomic E-state index is 0.0544. The maximum absolute atomic E-state index is 12.6. The topological polar surface area (TPSA) is 75.7 Å². The van der Waals surface area contributed by atoms with Gasteiger partial charge in [-0.25, -0.2) is 8.42 Å². The Balaban J connectivity index is 1.46. The van der Waals surface area contributed by atoms with Crippen LogP contribution in [-0.4, -0.2) is 39.3 Å². The first kappa shape index (κ1) is 19.4. The molecule has 0 radical (unpaired) electrons. The summed E-state index contributed by atoms with van der Waals surface area (Å²) in [6.07, 6.45) is 0.0620. The minimum atomic E-state index is -3.47. The van der Waals surface area contributed by atoms with Crippen molar-refractivity contribution in [2.45, 2.75) is 26.1 Å². The highest BCUT2D eigenvalue weighted by Crippen LogP contribution is 2.29. The first-order valence-electron chi connectivity index (χ1n) is 8.99. The fourth-order valence-electron chi connectivity index (χ4n) is 3.03. The van der Waals surface area contributed by atoms with Crippen molar-refractivity contribution in [3.05, 3.63) is 65.7 Å². The molecule has 1 unspecified atom stereocenters. The number of ether oxygens (including phenoxy) is 1. The average Bonchev–Trinajstić information content (AvgIpc) is 3.12. The number of rotatable bonds is 8. The van der Waals surface area contributed by atoms with Crippen LogP contribution in [0.1, 0.15) is 18.1 Å². The Morgan fingerprint density at radius 3 is 2.63 bits per heavy atom. The number of hydrogen-bond donors (Lipinski definition) is 1. The van der Waals surface area contributed by atoms with Crippen LogP contribution in [0.3, 0.4) is 0 Å². The SMILES string of the molecule is CC(OCc1ccccc1)C(=O)NCCS(=O)(=O)N1CCc2ccccc21. The number of benzene rings is 2. The molecule has 144 valence electrons. The molecule has 1 amide bonds. The van der Waals surface area contributed by atoms with Gasteiger partial charge in [0, 0.05) is 13.1 Å². The number of fused-ring (bicyclic) bond motifs is 1. The predicted octanol–water partition coefficient (Wildman–Crippen LogP) is 2.10. The summed E-state index contributed by atoms with van der Waals surface area (Å²) in [6.45, 7) is 2.49. The smallest absolute Gasteiger partial charge is 0.248 e. The quantitative estimate of drug-likeness (QED) is 0.751. The molecule has 0 saturated heterocycles. The van der Waals surface area contributed by atoms with E-state index in [1.54, 1.807) is 6.92 Å². The highest BCUT2D eigenvalue weighted by Gasteiger charge is 2.28. The van der Waals surface area contributed by atoms with E-state index in [0.29, 0.717) is 19.6 Å². The molecule has 2 aromatic carbocycles. The molecule has 0 fully saturated rings. The maximum Gasteiger partial charge on any atom is 0.248 e. The predicted molar refractivity (Wildman–Crippen MR) is 105 cm³/mol. The second-order valence-corrected chi connectivity index (χ2v) is 8.51. The molecule has 1 aliphatic rings. The van der Waals surface area contributed by atoms with Gasteiger partial charge in [-0.05, 0) is 30.5 Å². The van der Waals surface area contributed by atoms with Gasteiger partial charge < -0.3 is 10.1 Å². The number of anilines is 1. The minimum Gasteiger partial charge on any atom is -0.364 e. The van der Waals surface area contributed by atoms with Gasteiger partial charge in [-0.3, -0.25) is 9.10 Å². The summed E-state index contributed by atoms with van der Waals surface area (Å²) in [5, 5.41) is 2.65. The molecule has 1 atom stereocenters. The van der Waals surface area contributed by atoms with Crippen LogP contribution in [0.25, 0.3) is 0 Å². The number of carbonyl (C=O) groups is 1. The summed E-state index contributed by atoms with van der Waals surface area (Å²) >= 11 is 0. The number of amides is 1. The molecule has 0 saturated carbocycles. The van der Waals surface area contributed by atoms with E-state index in [2.05, 4.69) is 5.32 Å². The number of nitrogens with one attached hydrogen (secondary N) is 1. The normalized spacial score (nSPS) is 14.6. The highest BCUT2D eigenvalue weighted by molar-refractivity contribution is 7.92. The van der Waals surface area contributed by atoms with Crippen LogP contribution < -0.4 is 9.62 Å². The van der Waals surface area contributed by atoms with Crippen LogP contribution >= 0.6 is 0 Å². The fourth-order valence-corrected chi connectivity index (χ4v) is 4.45. The Bertz CT molecular complexity index is 884. The van der Waals surface area contributed by atoms with Crippen molar-refractivity contribution in [3.63, 3.8) is 0 Å². The number of para-hydroxylation sites is 1. The molecule has 27 heavy (non-hydrogen) atoms. The second-order valence-electron chi connectivity index (χ2n) is 6.50. The fraction of sp³-hybridized carbons (Fsp3) is 0.350. The van der Waals surface area contributed by atoms with Gasteiger partial charge in [-0.1, -0.05) is 48.5 Å². The summed E-state index contributed by atoms with van der Waals surface area (Å²) in [6, 6.07) is 17.1. The van der Waals surface area contributed by atoms with E-state index in [9.17, 15) is 13.2 Å². The molecular formula is C20H24N2O4S. The highest BCUT2D eigenvalue weighted by atomic mass is 32.2. The lowest BCUT2D eigenvalue weighted by atomic mass is 10.2. The Kier molecular flexibility index (Phi) is 6.13. The monoisotopic (exact) mass is 388 g/mol. The first-order chi connectivity index (χ1) is 13.0. The lowest BCUT2D eigenvalue weighted by Crippen LogP contribution is -2.40. The van der Waals surface area contributed by atoms with Crippen molar-refractivity contribution in [2.75, 3.05) is 23.1 Å². The van der Waals surface area contributed by atoms with Crippen molar-refractivity contribution in [1.29, 1.82) is 0 Å². The van der Waals surface area contributed by atoms with Crippen molar-refractivity contribution >= 4 is 21.6 Å². The van der Waals surface area contributed by atoms with Gasteiger partial charge >= 0.3 is 0 Å². The molecule has 3 rings (SSSR count). The Morgan fingerprint density at radius 2 is 1.85 bits per heavy atom. The molecule has 0 bridgehead atoms. The van der Waals surface area contributed by atoms with Crippen LogP contribution in [0, 0.1) is 0 Å². The molecular weight excluding hydrogens is 364 g/mol. The largest absolute Gasteiger partial charge is 0.364 e. The van der Waals surface area contributed by atoms with Crippen molar-refractivity contribution in [3.8, 4) is 0 Å². The van der Waals surface area contributed by atoms with Gasteiger partial charge in [-0.15, -0.1) is 0 Å². The van der Waals surface area contributed by atoms with Gasteiger partial charge in [0.05, 0.1) is 18.0 Å². The van der Waals surface area contributed by atoms with E-state index in [4.69, 9.17) is 4.74 Å². The Labute approximate surface area is 160 Å². The zero-order valence-electron chi connectivity index (χ0n) is 15.3. The third-order valence-electron chi connectivity index (χ3n) is 4.55. The van der Waals surface area contributed by atoms with E-state index in [1.807, 2.05) is 54.6 Å². The molecule has 6 nitrogen and oxygen atoms in total. The molecule has 1 N–H and O–H groups in total. The van der Waals surface area contributed by atoms with Crippen LogP contribution in [0.4, 0.5) is 5.69 Å². The van der Waals surface area contributed by atoms with Crippen LogP contribution in [0.2, 0.25) is 0 Å². The second kappa shape index (κ2) is 8.54. The zero-order chi connectivity index (χ0) is 19.3. The standard InChI is InChI=1S/C20H24N2O4S/c1-16(26-15-17-7-3-2-4-8-17)20(23)21-12-14-27(24,25)22-13-11-18-9-5-6-10-19(18)22/h2-10,16H,11-15H2,1H3,(H,21,23). The van der Waals surface area contributed by atoms with Gasteiger partial charge in [0.15, 0.2) is 0 Å². The number of sulfonamides is 1. The van der Waals surface area contributed by atoms with E-state index in [0.717, 1.165) is 16.8 Å². The average molecular weight is 388 g/mol. The summed E-state index contributed by atoms with van der Waals surface area (Å²) in [5.41, 5.74) is 2.75. The van der Waals surface area contributed by atoms with E-state index in [1.165, 1.54) is 4.31 Å². The molecule has 1 heterocycles. The summed E-state index contributed by atoms with van der Waals surface area (Å²) in [4.78, 5) is 12.1.